The normalized spacial score (nSPS) is 18.6. The molecule has 1 aliphatic carbocycles. The Hall–Kier alpha value is -0.660. The molecule has 0 bridgehead atoms. The minimum absolute atomic E-state index is 0.0913. The third kappa shape index (κ3) is 22.0. The van der Waals surface area contributed by atoms with E-state index in [0.29, 0.717) is 39.6 Å². The summed E-state index contributed by atoms with van der Waals surface area (Å²) in [4.78, 5) is 13.9. The minimum Gasteiger partial charge on any atom is -0.368 e. The van der Waals surface area contributed by atoms with Crippen molar-refractivity contribution in [1.29, 1.82) is 0 Å². The molecule has 348 valence electrons. The number of rotatable bonds is 45. The van der Waals surface area contributed by atoms with Crippen molar-refractivity contribution in [3.8, 4) is 0 Å². The highest BCUT2D eigenvalue weighted by molar-refractivity contribution is 7.60. The van der Waals surface area contributed by atoms with E-state index in [4.69, 9.17) is 28.4 Å². The van der Waals surface area contributed by atoms with Gasteiger partial charge in [0.15, 0.2) is 10.9 Å². The van der Waals surface area contributed by atoms with Crippen LogP contribution in [0.2, 0.25) is 0 Å². The molecule has 3 atom stereocenters. The lowest BCUT2D eigenvalue weighted by Gasteiger charge is -2.59. The number of carbonyl (C=O) groups is 1. The van der Waals surface area contributed by atoms with E-state index in [2.05, 4.69) is 60.3 Å². The average molecular weight is 853 g/mol. The topological polar surface area (TPSA) is 72.5 Å². The largest absolute Gasteiger partial charge is 0.368 e. The van der Waals surface area contributed by atoms with E-state index in [1.807, 2.05) is 0 Å². The van der Waals surface area contributed by atoms with E-state index < -0.39 is 23.0 Å². The fourth-order valence-corrected chi connectivity index (χ4v) is 9.32. The van der Waals surface area contributed by atoms with Crippen molar-refractivity contribution >= 4 is 14.1 Å². The van der Waals surface area contributed by atoms with Crippen molar-refractivity contribution in [3.05, 3.63) is 24.8 Å². The zero-order chi connectivity index (χ0) is 43.2. The van der Waals surface area contributed by atoms with Gasteiger partial charge in [0.25, 0.3) is 11.6 Å². The van der Waals surface area contributed by atoms with E-state index in [1.54, 1.807) is 0 Å². The maximum atomic E-state index is 13.9. The van der Waals surface area contributed by atoms with Crippen LogP contribution in [0, 0.1) is 0 Å². The first kappa shape index (κ1) is 56.4. The molecule has 0 fully saturated rings. The van der Waals surface area contributed by atoms with Gasteiger partial charge in [-0.15, -0.1) is 0 Å². The van der Waals surface area contributed by atoms with Crippen LogP contribution in [0.15, 0.2) is 24.8 Å². The Morgan fingerprint density at radius 3 is 1.15 bits per heavy atom. The van der Waals surface area contributed by atoms with Crippen LogP contribution in [-0.2, 0) is 33.2 Å². The second-order valence-corrected chi connectivity index (χ2v) is 18.6. The fourth-order valence-electron chi connectivity index (χ4n) is 8.02. The van der Waals surface area contributed by atoms with Gasteiger partial charge in [-0.05, 0) is 59.3 Å². The summed E-state index contributed by atoms with van der Waals surface area (Å²) in [5.41, 5.74) is -0.0913. The summed E-state index contributed by atoms with van der Waals surface area (Å²) in [6.45, 7) is 20.3. The van der Waals surface area contributed by atoms with E-state index in [9.17, 15) is 4.79 Å². The van der Waals surface area contributed by atoms with Gasteiger partial charge >= 0.3 is 0 Å². The van der Waals surface area contributed by atoms with Crippen LogP contribution in [0.4, 0.5) is 0 Å². The smallest absolute Gasteiger partial charge is 0.265 e. The first-order valence-electron chi connectivity index (χ1n) is 25.4. The van der Waals surface area contributed by atoms with E-state index >= 15 is 0 Å². The summed E-state index contributed by atoms with van der Waals surface area (Å²) >= 11 is 0. The summed E-state index contributed by atoms with van der Waals surface area (Å²) in [6.07, 6.45) is 38.0. The van der Waals surface area contributed by atoms with Crippen LogP contribution >= 0.6 is 8.58 Å². The third-order valence-electron chi connectivity index (χ3n) is 11.7. The van der Waals surface area contributed by atoms with Gasteiger partial charge in [-0.25, -0.2) is 0 Å². The predicted molar refractivity (Wildman–Crippen MR) is 253 cm³/mol. The maximum Gasteiger partial charge on any atom is 0.265 e. The van der Waals surface area contributed by atoms with Crippen molar-refractivity contribution in [2.24, 2.45) is 0 Å². The highest BCUT2D eigenvalue weighted by Crippen LogP contribution is 2.58. The van der Waals surface area contributed by atoms with Crippen molar-refractivity contribution < 1.29 is 33.2 Å². The van der Waals surface area contributed by atoms with E-state index in [1.165, 1.54) is 89.5 Å². The molecule has 3 unspecified atom stereocenters. The molecule has 0 radical (unpaired) electrons. The van der Waals surface area contributed by atoms with Gasteiger partial charge in [-0.2, -0.15) is 0 Å². The molecule has 0 heterocycles. The third-order valence-corrected chi connectivity index (χ3v) is 13.1. The number of carbonyl (C=O) groups excluding carboxylic acids is 1. The van der Waals surface area contributed by atoms with Gasteiger partial charge in [0, 0.05) is 13.2 Å². The van der Waals surface area contributed by atoms with Gasteiger partial charge in [0.1, 0.15) is 6.10 Å². The van der Waals surface area contributed by atoms with Crippen LogP contribution < -0.4 is 0 Å². The van der Waals surface area contributed by atoms with Gasteiger partial charge in [-0.1, -0.05) is 208 Å². The molecule has 0 saturated carbocycles. The van der Waals surface area contributed by atoms with Crippen molar-refractivity contribution in [2.75, 3.05) is 39.6 Å². The molecule has 59 heavy (non-hydrogen) atoms. The molecule has 1 aliphatic rings. The first-order valence-corrected chi connectivity index (χ1v) is 26.4. The molecule has 0 N–H and O–H groups in total. The highest BCUT2D eigenvalue weighted by atomic mass is 31.1. The molecule has 0 amide bonds. The Labute approximate surface area is 367 Å². The molecular formula is C51H97O7P. The van der Waals surface area contributed by atoms with Crippen molar-refractivity contribution in [2.45, 2.75) is 257 Å². The number of hydrogen-bond donors (Lipinski definition) is 0. The molecular weight excluding hydrogens is 756 g/mol. The SMILES string of the molecule is C=CC(=O)PC1(OCCCCCCC)C=CC(OCCCCCCC)C(OCCCCCCC)(OCCCCCCC)C1(OCCCCCCC)OCCCCCCC. The van der Waals surface area contributed by atoms with Crippen molar-refractivity contribution in [3.63, 3.8) is 0 Å². The number of unbranched alkanes of at least 4 members (excludes halogenated alkanes) is 24. The van der Waals surface area contributed by atoms with E-state index in [-0.39, 0.29) is 14.1 Å². The van der Waals surface area contributed by atoms with Gasteiger partial charge in [-0.3, -0.25) is 4.79 Å². The van der Waals surface area contributed by atoms with Crippen LogP contribution in [0.25, 0.3) is 0 Å². The Kier molecular flexibility index (Phi) is 36.2. The number of hydrogen-bond acceptors (Lipinski definition) is 7. The summed E-state index contributed by atoms with van der Waals surface area (Å²) in [5, 5.41) is -1.30. The quantitative estimate of drug-likeness (QED) is 0.0199. The zero-order valence-electron chi connectivity index (χ0n) is 39.8. The highest BCUT2D eigenvalue weighted by Gasteiger charge is 2.74. The maximum absolute atomic E-state index is 13.9. The first-order chi connectivity index (χ1) is 28.9. The summed E-state index contributed by atoms with van der Waals surface area (Å²) in [5.74, 6) is -3.12. The molecule has 0 aromatic carbocycles. The molecule has 0 aromatic heterocycles. The van der Waals surface area contributed by atoms with E-state index in [0.717, 1.165) is 109 Å². The van der Waals surface area contributed by atoms with Gasteiger partial charge in [0.2, 0.25) is 0 Å². The lowest BCUT2D eigenvalue weighted by molar-refractivity contribution is -0.457. The Morgan fingerprint density at radius 1 is 0.475 bits per heavy atom. The van der Waals surface area contributed by atoms with Crippen LogP contribution in [0.1, 0.15) is 234 Å². The van der Waals surface area contributed by atoms with Gasteiger partial charge < -0.3 is 28.4 Å². The molecule has 7 nitrogen and oxygen atoms in total. The molecule has 0 aromatic rings. The number of allylic oxidation sites excluding steroid dienone is 1. The number of ether oxygens (including phenoxy) is 6. The second-order valence-electron chi connectivity index (χ2n) is 17.1. The molecule has 0 aliphatic heterocycles. The zero-order valence-corrected chi connectivity index (χ0v) is 40.8. The Morgan fingerprint density at radius 2 is 0.797 bits per heavy atom. The van der Waals surface area contributed by atoms with Gasteiger partial charge in [0.05, 0.1) is 26.4 Å². The summed E-state index contributed by atoms with van der Waals surface area (Å²) in [7, 11) is -0.349. The van der Waals surface area contributed by atoms with Crippen LogP contribution in [0.3, 0.4) is 0 Å². The standard InChI is InChI=1S/C51H97O7P/c1-8-15-21-27-33-41-53-47-39-40-49(59-48(52)14-7,54-42-34-28-22-16-9-2)51(57-45-37-31-25-19-12-5,58-46-38-32-26-20-13-6)50(47,55-43-35-29-23-17-10-3)56-44-36-30-24-18-11-4/h14,39-40,47,59H,7-13,15-38,41-46H2,1-6H3. The minimum atomic E-state index is -1.61. The average Bonchev–Trinajstić information content (AvgIpc) is 3.24. The van der Waals surface area contributed by atoms with Crippen molar-refractivity contribution in [1.82, 2.24) is 0 Å². The Balaban J connectivity index is 4.07. The lowest BCUT2D eigenvalue weighted by atomic mass is 9.85. The Bertz CT molecular complexity index is 973. The second kappa shape index (κ2) is 37.9. The molecule has 0 spiro atoms. The molecule has 0 saturated heterocycles. The molecule has 1 rings (SSSR count). The predicted octanol–water partition coefficient (Wildman–Crippen LogP) is 15.3. The monoisotopic (exact) mass is 853 g/mol. The van der Waals surface area contributed by atoms with Crippen LogP contribution in [0.5, 0.6) is 0 Å². The summed E-state index contributed by atoms with van der Waals surface area (Å²) in [6, 6.07) is 0. The molecule has 8 heteroatoms. The fraction of sp³-hybridized carbons (Fsp3) is 0.902. The lowest BCUT2D eigenvalue weighted by Crippen LogP contribution is -2.77. The van der Waals surface area contributed by atoms with Crippen LogP contribution in [-0.4, -0.2) is 68.2 Å². The summed E-state index contributed by atoms with van der Waals surface area (Å²) < 4.78 is 43.8.